The summed E-state index contributed by atoms with van der Waals surface area (Å²) in [4.78, 5) is 4.76. The summed E-state index contributed by atoms with van der Waals surface area (Å²) in [6.45, 7) is 15.2. The molecule has 1 aromatic rings. The lowest BCUT2D eigenvalue weighted by molar-refractivity contribution is 0.331. The molecule has 2 nitrogen and oxygen atoms in total. The van der Waals surface area contributed by atoms with E-state index in [0.29, 0.717) is 6.04 Å². The standard InChI is InChI=1S/C23H36N2/c1-16-14-19-20(23(5,6)12-11-22(19,3)4)15-18(16)17(2)25-21-10-8-7-9-13-24-21/h14-15,17H,7-13H2,1-6H3,(H,24,25). The third kappa shape index (κ3) is 3.78. The van der Waals surface area contributed by atoms with Gasteiger partial charge in [-0.3, -0.25) is 4.99 Å². The first-order valence-corrected chi connectivity index (χ1v) is 10.2. The number of benzene rings is 1. The molecular formula is C23H36N2. The number of hydrogen-bond donors (Lipinski definition) is 1. The van der Waals surface area contributed by atoms with E-state index in [2.05, 4.69) is 59.0 Å². The van der Waals surface area contributed by atoms with Gasteiger partial charge in [-0.15, -0.1) is 0 Å². The van der Waals surface area contributed by atoms with Crippen LogP contribution in [0.25, 0.3) is 0 Å². The summed E-state index contributed by atoms with van der Waals surface area (Å²) in [5.41, 5.74) is 6.53. The molecule has 1 unspecified atom stereocenters. The summed E-state index contributed by atoms with van der Waals surface area (Å²) < 4.78 is 0. The molecule has 0 bridgehead atoms. The van der Waals surface area contributed by atoms with Crippen molar-refractivity contribution in [2.45, 2.75) is 96.9 Å². The number of fused-ring (bicyclic) bond motifs is 1. The number of amidine groups is 1. The maximum atomic E-state index is 4.76. The second-order valence-corrected chi connectivity index (χ2v) is 9.53. The molecule has 138 valence electrons. The monoisotopic (exact) mass is 340 g/mol. The third-order valence-electron chi connectivity index (χ3n) is 6.46. The maximum absolute atomic E-state index is 4.76. The van der Waals surface area contributed by atoms with E-state index in [0.717, 1.165) is 13.0 Å². The smallest absolute Gasteiger partial charge is 0.0967 e. The van der Waals surface area contributed by atoms with Crippen LogP contribution in [-0.4, -0.2) is 12.4 Å². The number of hydrogen-bond acceptors (Lipinski definition) is 2. The van der Waals surface area contributed by atoms with Crippen molar-refractivity contribution in [2.75, 3.05) is 6.54 Å². The molecule has 2 aliphatic rings. The molecule has 1 aliphatic heterocycles. The minimum Gasteiger partial charge on any atom is -0.367 e. The largest absolute Gasteiger partial charge is 0.367 e. The van der Waals surface area contributed by atoms with Gasteiger partial charge in [-0.2, -0.15) is 0 Å². The Hall–Kier alpha value is -1.31. The third-order valence-corrected chi connectivity index (χ3v) is 6.46. The molecule has 25 heavy (non-hydrogen) atoms. The van der Waals surface area contributed by atoms with Gasteiger partial charge in [0.05, 0.1) is 5.84 Å². The highest BCUT2D eigenvalue weighted by molar-refractivity contribution is 5.82. The lowest BCUT2D eigenvalue weighted by Gasteiger charge is -2.42. The summed E-state index contributed by atoms with van der Waals surface area (Å²) in [5.74, 6) is 1.21. The van der Waals surface area contributed by atoms with Crippen LogP contribution in [0.3, 0.4) is 0 Å². The van der Waals surface area contributed by atoms with Crippen molar-refractivity contribution >= 4 is 5.84 Å². The van der Waals surface area contributed by atoms with Crippen molar-refractivity contribution in [1.29, 1.82) is 0 Å². The van der Waals surface area contributed by atoms with E-state index in [1.54, 1.807) is 11.1 Å². The summed E-state index contributed by atoms with van der Waals surface area (Å²) in [5, 5.41) is 3.72. The zero-order valence-corrected chi connectivity index (χ0v) is 17.1. The van der Waals surface area contributed by atoms with Crippen LogP contribution in [0, 0.1) is 6.92 Å². The predicted octanol–water partition coefficient (Wildman–Crippen LogP) is 5.97. The van der Waals surface area contributed by atoms with Crippen LogP contribution < -0.4 is 5.32 Å². The Labute approximate surface area is 154 Å². The Kier molecular flexibility index (Phi) is 5.01. The number of aliphatic imine (C=N–C) groups is 1. The SMILES string of the molecule is Cc1cc2c(cc1C(C)NC1=NCCCCC1)C(C)(C)CCC2(C)C. The highest BCUT2D eigenvalue weighted by atomic mass is 15.0. The minimum absolute atomic E-state index is 0.271. The Balaban J connectivity index is 1.93. The maximum Gasteiger partial charge on any atom is 0.0967 e. The van der Waals surface area contributed by atoms with Crippen LogP contribution in [0.1, 0.15) is 101 Å². The van der Waals surface area contributed by atoms with Crippen molar-refractivity contribution in [3.8, 4) is 0 Å². The molecule has 2 heteroatoms. The fourth-order valence-corrected chi connectivity index (χ4v) is 4.52. The summed E-state index contributed by atoms with van der Waals surface area (Å²) in [7, 11) is 0. The molecular weight excluding hydrogens is 304 g/mol. The van der Waals surface area contributed by atoms with Crippen molar-refractivity contribution in [2.24, 2.45) is 4.99 Å². The van der Waals surface area contributed by atoms with E-state index in [-0.39, 0.29) is 10.8 Å². The average Bonchev–Trinajstić information content (AvgIpc) is 2.80. The van der Waals surface area contributed by atoms with Gasteiger partial charge in [-0.1, -0.05) is 46.2 Å². The topological polar surface area (TPSA) is 24.4 Å². The van der Waals surface area contributed by atoms with Crippen LogP contribution in [0.2, 0.25) is 0 Å². The normalized spacial score (nSPS) is 23.2. The van der Waals surface area contributed by atoms with Crippen LogP contribution in [0.5, 0.6) is 0 Å². The van der Waals surface area contributed by atoms with Gasteiger partial charge in [0.1, 0.15) is 0 Å². The van der Waals surface area contributed by atoms with E-state index in [1.807, 2.05) is 0 Å². The molecule has 1 heterocycles. The second-order valence-electron chi connectivity index (χ2n) is 9.53. The van der Waals surface area contributed by atoms with Gasteiger partial charge in [-0.25, -0.2) is 0 Å². The van der Waals surface area contributed by atoms with Gasteiger partial charge in [0.2, 0.25) is 0 Å². The van der Waals surface area contributed by atoms with Gasteiger partial charge in [-0.05, 0) is 72.6 Å². The second kappa shape index (κ2) is 6.78. The van der Waals surface area contributed by atoms with E-state index in [4.69, 9.17) is 4.99 Å². The summed E-state index contributed by atoms with van der Waals surface area (Å²) in [6, 6.07) is 5.29. The molecule has 1 N–H and O–H groups in total. The Morgan fingerprint density at radius 2 is 1.60 bits per heavy atom. The van der Waals surface area contributed by atoms with Gasteiger partial charge in [0.25, 0.3) is 0 Å². The lowest BCUT2D eigenvalue weighted by atomic mass is 9.62. The fourth-order valence-electron chi connectivity index (χ4n) is 4.52. The number of rotatable bonds is 2. The molecule has 0 spiro atoms. The fraction of sp³-hybridized carbons (Fsp3) is 0.696. The molecule has 0 amide bonds. The first-order valence-electron chi connectivity index (χ1n) is 10.2. The Morgan fingerprint density at radius 1 is 0.960 bits per heavy atom. The van der Waals surface area contributed by atoms with Crippen molar-refractivity contribution in [3.05, 3.63) is 34.4 Å². The van der Waals surface area contributed by atoms with Crippen LogP contribution in [-0.2, 0) is 10.8 Å². The molecule has 0 radical (unpaired) electrons. The lowest BCUT2D eigenvalue weighted by Crippen LogP contribution is -2.35. The summed E-state index contributed by atoms with van der Waals surface area (Å²) in [6.07, 6.45) is 7.46. The molecule has 0 aromatic heterocycles. The van der Waals surface area contributed by atoms with E-state index >= 15 is 0 Å². The molecule has 3 rings (SSSR count). The van der Waals surface area contributed by atoms with Gasteiger partial charge in [0.15, 0.2) is 0 Å². The highest BCUT2D eigenvalue weighted by Gasteiger charge is 2.37. The van der Waals surface area contributed by atoms with Crippen molar-refractivity contribution < 1.29 is 0 Å². The number of nitrogens with one attached hydrogen (secondary N) is 1. The van der Waals surface area contributed by atoms with Gasteiger partial charge < -0.3 is 5.32 Å². The molecule has 1 atom stereocenters. The Bertz CT molecular complexity index is 667. The van der Waals surface area contributed by atoms with Crippen molar-refractivity contribution in [1.82, 2.24) is 5.32 Å². The minimum atomic E-state index is 0.271. The number of aryl methyl sites for hydroxylation is 1. The Morgan fingerprint density at radius 3 is 2.28 bits per heavy atom. The van der Waals surface area contributed by atoms with Gasteiger partial charge in [0, 0.05) is 19.0 Å². The zero-order valence-electron chi connectivity index (χ0n) is 17.1. The quantitative estimate of drug-likeness (QED) is 0.705. The van der Waals surface area contributed by atoms with Crippen LogP contribution in [0.4, 0.5) is 0 Å². The molecule has 1 aromatic carbocycles. The van der Waals surface area contributed by atoms with E-state index < -0.39 is 0 Å². The summed E-state index contributed by atoms with van der Waals surface area (Å²) >= 11 is 0. The zero-order chi connectivity index (χ0) is 18.2. The van der Waals surface area contributed by atoms with Crippen molar-refractivity contribution in [3.63, 3.8) is 0 Å². The molecule has 0 saturated heterocycles. The molecule has 0 saturated carbocycles. The van der Waals surface area contributed by atoms with E-state index in [1.165, 1.54) is 49.1 Å². The predicted molar refractivity (Wildman–Crippen MR) is 109 cm³/mol. The molecule has 0 fully saturated rings. The average molecular weight is 341 g/mol. The highest BCUT2D eigenvalue weighted by Crippen LogP contribution is 2.47. The van der Waals surface area contributed by atoms with E-state index in [9.17, 15) is 0 Å². The number of nitrogens with zero attached hydrogens (tertiary/aromatic N) is 1. The van der Waals surface area contributed by atoms with Gasteiger partial charge >= 0.3 is 0 Å². The first-order chi connectivity index (χ1) is 11.7. The first kappa shape index (κ1) is 18.5. The molecule has 1 aliphatic carbocycles. The van der Waals surface area contributed by atoms with Crippen LogP contribution in [0.15, 0.2) is 17.1 Å². The van der Waals surface area contributed by atoms with Crippen LogP contribution >= 0.6 is 0 Å².